The van der Waals surface area contributed by atoms with Crippen LogP contribution in [-0.2, 0) is 21.4 Å². The van der Waals surface area contributed by atoms with Gasteiger partial charge < -0.3 is 24.6 Å². The van der Waals surface area contributed by atoms with Crippen molar-refractivity contribution in [2.24, 2.45) is 0 Å². The van der Waals surface area contributed by atoms with Crippen molar-refractivity contribution in [3.05, 3.63) is 72.2 Å². The molecular formula is C28H29N3O7S. The minimum atomic E-state index is -4.18. The Morgan fingerprint density at radius 2 is 1.64 bits per heavy atom. The van der Waals surface area contributed by atoms with Gasteiger partial charge in [-0.05, 0) is 48.4 Å². The quantitative estimate of drug-likeness (QED) is 0.318. The minimum absolute atomic E-state index is 0.0455. The van der Waals surface area contributed by atoms with Gasteiger partial charge in [-0.15, -0.1) is 0 Å². The molecule has 0 aliphatic rings. The molecule has 0 aliphatic heterocycles. The van der Waals surface area contributed by atoms with Gasteiger partial charge in [-0.2, -0.15) is 0 Å². The van der Waals surface area contributed by atoms with E-state index in [0.29, 0.717) is 45.2 Å². The maximum absolute atomic E-state index is 14.0. The first-order chi connectivity index (χ1) is 18.6. The Hall–Kier alpha value is -4.51. The van der Waals surface area contributed by atoms with Gasteiger partial charge in [0.2, 0.25) is 11.7 Å². The first-order valence-corrected chi connectivity index (χ1v) is 13.3. The lowest BCUT2D eigenvalue weighted by Gasteiger charge is -2.16. The van der Waals surface area contributed by atoms with Crippen molar-refractivity contribution in [1.29, 1.82) is 0 Å². The summed E-state index contributed by atoms with van der Waals surface area (Å²) < 4.78 is 45.6. The fourth-order valence-corrected chi connectivity index (χ4v) is 5.81. The average molecular weight is 552 g/mol. The molecule has 11 heteroatoms. The topological polar surface area (TPSA) is 129 Å². The number of phenols is 1. The lowest BCUT2D eigenvalue weighted by molar-refractivity contribution is -0.119. The third-order valence-corrected chi connectivity index (χ3v) is 7.94. The Bertz CT molecular complexity index is 1620. The molecule has 0 unspecified atom stereocenters. The number of aromatic nitrogens is 2. The summed E-state index contributed by atoms with van der Waals surface area (Å²) in [6.07, 6.45) is 4.74. The minimum Gasteiger partial charge on any atom is -0.508 e. The van der Waals surface area contributed by atoms with Crippen molar-refractivity contribution < 1.29 is 32.5 Å². The van der Waals surface area contributed by atoms with E-state index in [1.807, 2.05) is 6.07 Å². The second kappa shape index (κ2) is 11.1. The summed E-state index contributed by atoms with van der Waals surface area (Å²) in [6.45, 7) is 3.36. The van der Waals surface area contributed by atoms with Gasteiger partial charge >= 0.3 is 0 Å². The van der Waals surface area contributed by atoms with Crippen molar-refractivity contribution in [3.63, 3.8) is 0 Å². The Balaban J connectivity index is 1.97. The zero-order valence-corrected chi connectivity index (χ0v) is 23.0. The first-order valence-electron chi connectivity index (χ1n) is 11.9. The van der Waals surface area contributed by atoms with E-state index in [9.17, 15) is 18.3 Å². The normalized spacial score (nSPS) is 11.2. The predicted molar refractivity (Wildman–Crippen MR) is 146 cm³/mol. The number of pyridine rings is 1. The average Bonchev–Trinajstić information content (AvgIpc) is 3.39. The van der Waals surface area contributed by atoms with Gasteiger partial charge in [-0.3, -0.25) is 9.78 Å². The largest absolute Gasteiger partial charge is 0.508 e. The number of hydrogen-bond acceptors (Lipinski definition) is 8. The number of phenolic OH excluding ortho intramolecular Hbond substituents is 1. The monoisotopic (exact) mass is 551 g/mol. The van der Waals surface area contributed by atoms with Crippen molar-refractivity contribution in [1.82, 2.24) is 14.3 Å². The van der Waals surface area contributed by atoms with Gasteiger partial charge in [0.25, 0.3) is 10.0 Å². The van der Waals surface area contributed by atoms with Crippen molar-refractivity contribution in [2.45, 2.75) is 25.3 Å². The number of benzene rings is 2. The van der Waals surface area contributed by atoms with Crippen LogP contribution in [0.5, 0.6) is 23.0 Å². The standard InChI is InChI=1S/C28H29N3O7S/c1-17-6-7-23(33)12-27(17)39(34,35)31-16-22(21-8-19(13-29-15-21)14-30-18(2)32)9-24(31)20-10-25(36-3)28(38-5)26(11-20)37-4/h6-13,15-16,33H,14H2,1-5H3,(H,30,32). The van der Waals surface area contributed by atoms with Crippen LogP contribution in [0.25, 0.3) is 22.4 Å². The number of carbonyl (C=O) groups is 1. The van der Waals surface area contributed by atoms with Gasteiger partial charge in [-0.1, -0.05) is 6.07 Å². The van der Waals surface area contributed by atoms with Gasteiger partial charge in [-0.25, -0.2) is 12.4 Å². The van der Waals surface area contributed by atoms with Crippen LogP contribution in [-0.4, -0.2) is 49.7 Å². The summed E-state index contributed by atoms with van der Waals surface area (Å²) in [6, 6.07) is 11.1. The van der Waals surface area contributed by atoms with E-state index in [1.54, 1.807) is 43.6 Å². The van der Waals surface area contributed by atoms with Gasteiger partial charge in [0, 0.05) is 54.8 Å². The van der Waals surface area contributed by atoms with Gasteiger partial charge in [0.05, 0.1) is 31.9 Å². The van der Waals surface area contributed by atoms with E-state index >= 15 is 0 Å². The molecule has 39 heavy (non-hydrogen) atoms. The summed E-state index contributed by atoms with van der Waals surface area (Å²) in [4.78, 5) is 15.6. The van der Waals surface area contributed by atoms with Crippen LogP contribution >= 0.6 is 0 Å². The van der Waals surface area contributed by atoms with Crippen LogP contribution in [0.3, 0.4) is 0 Å². The Kier molecular flexibility index (Phi) is 7.82. The summed E-state index contributed by atoms with van der Waals surface area (Å²) in [5.41, 5.74) is 3.23. The molecule has 10 nitrogen and oxygen atoms in total. The number of hydrogen-bond donors (Lipinski definition) is 2. The molecule has 2 heterocycles. The highest BCUT2D eigenvalue weighted by atomic mass is 32.2. The number of ether oxygens (including phenoxy) is 3. The highest BCUT2D eigenvalue weighted by molar-refractivity contribution is 7.90. The van der Waals surface area contributed by atoms with E-state index in [0.717, 1.165) is 9.54 Å². The highest BCUT2D eigenvalue weighted by Crippen LogP contribution is 2.43. The molecule has 0 saturated carbocycles. The molecule has 0 atom stereocenters. The molecule has 1 amide bonds. The van der Waals surface area contributed by atoms with Crippen LogP contribution in [0.2, 0.25) is 0 Å². The first kappa shape index (κ1) is 27.5. The summed E-state index contributed by atoms with van der Waals surface area (Å²) in [5, 5.41) is 12.8. The third kappa shape index (κ3) is 5.53. The molecule has 204 valence electrons. The van der Waals surface area contributed by atoms with E-state index in [4.69, 9.17) is 14.2 Å². The number of amides is 1. The summed E-state index contributed by atoms with van der Waals surface area (Å²) in [5.74, 6) is 0.723. The number of nitrogens with one attached hydrogen (secondary N) is 1. The molecule has 2 aromatic carbocycles. The lowest BCUT2D eigenvalue weighted by Crippen LogP contribution is -2.18. The second-order valence-electron chi connectivity index (χ2n) is 8.77. The van der Waals surface area contributed by atoms with Crippen LogP contribution < -0.4 is 19.5 Å². The molecular weight excluding hydrogens is 522 g/mol. The third-order valence-electron chi connectivity index (χ3n) is 6.12. The van der Waals surface area contributed by atoms with E-state index < -0.39 is 10.0 Å². The predicted octanol–water partition coefficient (Wildman–Crippen LogP) is 4.13. The number of methoxy groups -OCH3 is 3. The van der Waals surface area contributed by atoms with Crippen LogP contribution in [0, 0.1) is 6.92 Å². The van der Waals surface area contributed by atoms with Crippen molar-refractivity contribution in [3.8, 4) is 45.4 Å². The highest BCUT2D eigenvalue weighted by Gasteiger charge is 2.26. The Morgan fingerprint density at radius 1 is 0.949 bits per heavy atom. The van der Waals surface area contributed by atoms with Crippen molar-refractivity contribution in [2.75, 3.05) is 21.3 Å². The van der Waals surface area contributed by atoms with Crippen LogP contribution in [0.4, 0.5) is 0 Å². The van der Waals surface area contributed by atoms with Crippen LogP contribution in [0.15, 0.2) is 66.0 Å². The molecule has 4 aromatic rings. The lowest BCUT2D eigenvalue weighted by atomic mass is 10.1. The smallest absolute Gasteiger partial charge is 0.268 e. The zero-order valence-electron chi connectivity index (χ0n) is 22.2. The molecule has 4 rings (SSSR count). The van der Waals surface area contributed by atoms with E-state index in [1.165, 1.54) is 46.6 Å². The van der Waals surface area contributed by atoms with Gasteiger partial charge in [0.1, 0.15) is 5.75 Å². The maximum atomic E-state index is 14.0. The Morgan fingerprint density at radius 3 is 2.26 bits per heavy atom. The van der Waals surface area contributed by atoms with E-state index in [2.05, 4.69) is 10.3 Å². The number of aromatic hydroxyl groups is 1. The number of carbonyl (C=O) groups excluding carboxylic acids is 1. The fraction of sp³-hybridized carbons (Fsp3) is 0.214. The molecule has 0 saturated heterocycles. The molecule has 2 N–H and O–H groups in total. The molecule has 0 bridgehead atoms. The summed E-state index contributed by atoms with van der Waals surface area (Å²) in [7, 11) is 0.259. The van der Waals surface area contributed by atoms with Gasteiger partial charge in [0.15, 0.2) is 11.5 Å². The SMILES string of the molecule is COc1cc(-c2cc(-c3cncc(CNC(C)=O)c3)cn2S(=O)(=O)c2cc(O)ccc2C)cc(OC)c1OC. The molecule has 0 spiro atoms. The number of rotatable bonds is 9. The van der Waals surface area contributed by atoms with Crippen molar-refractivity contribution >= 4 is 15.9 Å². The fourth-order valence-electron chi connectivity index (χ4n) is 4.18. The maximum Gasteiger partial charge on any atom is 0.268 e. The second-order valence-corrected chi connectivity index (χ2v) is 10.6. The zero-order chi connectivity index (χ0) is 28.3. The van der Waals surface area contributed by atoms with E-state index in [-0.39, 0.29) is 23.1 Å². The molecule has 0 radical (unpaired) electrons. The Labute approximate surface area is 226 Å². The molecule has 0 fully saturated rings. The molecule has 2 aromatic heterocycles. The van der Waals surface area contributed by atoms with Crippen LogP contribution in [0.1, 0.15) is 18.1 Å². The summed E-state index contributed by atoms with van der Waals surface area (Å²) >= 11 is 0. The number of aryl methyl sites for hydroxylation is 1. The molecule has 0 aliphatic carbocycles. The number of nitrogens with zero attached hydrogens (tertiary/aromatic N) is 2.